The molecule has 0 fully saturated rings. The van der Waals surface area contributed by atoms with E-state index in [9.17, 15) is 4.39 Å². The Bertz CT molecular complexity index is 599. The average Bonchev–Trinajstić information content (AvgIpc) is 2.30. The first-order chi connectivity index (χ1) is 8.13. The number of hydrogen-bond donors (Lipinski definition) is 0. The smallest absolute Gasteiger partial charge is 0.132 e. The summed E-state index contributed by atoms with van der Waals surface area (Å²) in [6.45, 7) is 0. The van der Waals surface area contributed by atoms with Crippen LogP contribution >= 0.6 is 27.5 Å². The molecule has 4 heteroatoms. The van der Waals surface area contributed by atoms with E-state index in [0.717, 1.165) is 4.47 Å². The Balaban J connectivity index is 2.74. The van der Waals surface area contributed by atoms with Crippen LogP contribution in [0.1, 0.15) is 5.56 Å². The fraction of sp³-hybridized carbons (Fsp3) is 0. The fourth-order valence-corrected chi connectivity index (χ4v) is 2.21. The van der Waals surface area contributed by atoms with E-state index in [1.165, 1.54) is 12.1 Å². The van der Waals surface area contributed by atoms with Crippen molar-refractivity contribution < 1.29 is 4.39 Å². The van der Waals surface area contributed by atoms with Gasteiger partial charge in [-0.15, -0.1) is 0 Å². The second kappa shape index (κ2) is 4.87. The van der Waals surface area contributed by atoms with Gasteiger partial charge in [0, 0.05) is 15.6 Å². The van der Waals surface area contributed by atoms with Crippen molar-refractivity contribution in [3.05, 3.63) is 57.3 Å². The zero-order valence-electron chi connectivity index (χ0n) is 8.55. The van der Waals surface area contributed by atoms with Crippen LogP contribution < -0.4 is 0 Å². The van der Waals surface area contributed by atoms with Crippen LogP contribution in [0.3, 0.4) is 0 Å². The molecule has 0 aliphatic heterocycles. The summed E-state index contributed by atoms with van der Waals surface area (Å²) < 4.78 is 14.5. The molecule has 2 rings (SSSR count). The number of hydrogen-bond acceptors (Lipinski definition) is 1. The summed E-state index contributed by atoms with van der Waals surface area (Å²) >= 11 is 9.24. The maximum absolute atomic E-state index is 13.7. The molecule has 0 spiro atoms. The van der Waals surface area contributed by atoms with E-state index in [4.69, 9.17) is 16.9 Å². The first-order valence-corrected chi connectivity index (χ1v) is 5.94. The van der Waals surface area contributed by atoms with E-state index in [1.54, 1.807) is 24.3 Å². The molecule has 1 nitrogen and oxygen atoms in total. The van der Waals surface area contributed by atoms with Crippen LogP contribution in [-0.4, -0.2) is 0 Å². The zero-order chi connectivity index (χ0) is 12.4. The average molecular weight is 311 g/mol. The lowest BCUT2D eigenvalue weighted by Gasteiger charge is -2.08. The van der Waals surface area contributed by atoms with Gasteiger partial charge in [0.1, 0.15) is 5.82 Å². The highest BCUT2D eigenvalue weighted by Gasteiger charge is 2.13. The molecular weight excluding hydrogens is 305 g/mol. The molecule has 0 atom stereocenters. The zero-order valence-corrected chi connectivity index (χ0v) is 10.9. The normalized spacial score (nSPS) is 10.0. The van der Waals surface area contributed by atoms with Crippen molar-refractivity contribution >= 4 is 27.5 Å². The van der Waals surface area contributed by atoms with Gasteiger partial charge in [-0.05, 0) is 24.3 Å². The number of halogens is 3. The lowest BCUT2D eigenvalue weighted by molar-refractivity contribution is 0.631. The van der Waals surface area contributed by atoms with Gasteiger partial charge in [-0.2, -0.15) is 5.26 Å². The van der Waals surface area contributed by atoms with Crippen molar-refractivity contribution in [2.45, 2.75) is 0 Å². The fourth-order valence-electron chi connectivity index (χ4n) is 1.58. The minimum absolute atomic E-state index is 0.262. The van der Waals surface area contributed by atoms with Gasteiger partial charge >= 0.3 is 0 Å². The van der Waals surface area contributed by atoms with Crippen LogP contribution in [0.2, 0.25) is 5.02 Å². The molecule has 0 aliphatic rings. The third kappa shape index (κ3) is 2.33. The summed E-state index contributed by atoms with van der Waals surface area (Å²) in [6, 6.07) is 11.6. The highest BCUT2D eigenvalue weighted by atomic mass is 79.9. The largest absolute Gasteiger partial charge is 0.206 e. The first kappa shape index (κ1) is 12.1. The molecule has 84 valence electrons. The van der Waals surface area contributed by atoms with Crippen LogP contribution in [0.25, 0.3) is 11.1 Å². The minimum atomic E-state index is -0.434. The Morgan fingerprint density at radius 2 is 2.00 bits per heavy atom. The monoisotopic (exact) mass is 309 g/mol. The van der Waals surface area contributed by atoms with Gasteiger partial charge in [-0.1, -0.05) is 39.7 Å². The predicted octanol–water partition coefficient (Wildman–Crippen LogP) is 4.78. The highest BCUT2D eigenvalue weighted by Crippen LogP contribution is 2.33. The third-order valence-electron chi connectivity index (χ3n) is 2.33. The minimum Gasteiger partial charge on any atom is -0.206 e. The molecule has 0 radical (unpaired) electrons. The highest BCUT2D eigenvalue weighted by molar-refractivity contribution is 9.10. The quantitative estimate of drug-likeness (QED) is 0.743. The number of benzene rings is 2. The van der Waals surface area contributed by atoms with E-state index >= 15 is 0 Å². The lowest BCUT2D eigenvalue weighted by Crippen LogP contribution is -1.89. The molecule has 0 unspecified atom stereocenters. The summed E-state index contributed by atoms with van der Waals surface area (Å²) in [5.74, 6) is -0.434. The van der Waals surface area contributed by atoms with Crippen molar-refractivity contribution in [2.75, 3.05) is 0 Å². The van der Waals surface area contributed by atoms with Crippen molar-refractivity contribution in [3.8, 4) is 17.2 Å². The van der Waals surface area contributed by atoms with Gasteiger partial charge in [0.15, 0.2) is 0 Å². The van der Waals surface area contributed by atoms with Gasteiger partial charge in [-0.3, -0.25) is 0 Å². The Morgan fingerprint density at radius 1 is 1.24 bits per heavy atom. The van der Waals surface area contributed by atoms with E-state index in [1.807, 2.05) is 6.07 Å². The van der Waals surface area contributed by atoms with Crippen LogP contribution in [0.5, 0.6) is 0 Å². The standard InChI is InChI=1S/C13H6BrClFN/c14-9-4-5-10(8(6-9)7-17)13-11(15)2-1-3-12(13)16/h1-6H. The molecule has 0 N–H and O–H groups in total. The molecule has 0 saturated heterocycles. The van der Waals surface area contributed by atoms with E-state index in [2.05, 4.69) is 15.9 Å². The second-order valence-corrected chi connectivity index (χ2v) is 4.72. The maximum atomic E-state index is 13.7. The second-order valence-electron chi connectivity index (χ2n) is 3.40. The van der Waals surface area contributed by atoms with Crippen molar-refractivity contribution in [1.29, 1.82) is 5.26 Å². The summed E-state index contributed by atoms with van der Waals surface area (Å²) in [5, 5.41) is 9.34. The third-order valence-corrected chi connectivity index (χ3v) is 3.14. The van der Waals surface area contributed by atoms with Gasteiger partial charge < -0.3 is 0 Å². The molecule has 0 bridgehead atoms. The van der Waals surface area contributed by atoms with Gasteiger partial charge in [0.25, 0.3) is 0 Å². The molecule has 0 amide bonds. The van der Waals surface area contributed by atoms with Crippen molar-refractivity contribution in [3.63, 3.8) is 0 Å². The van der Waals surface area contributed by atoms with Gasteiger partial charge in [0.05, 0.1) is 16.7 Å². The Hall–Kier alpha value is -1.37. The number of nitriles is 1. The Morgan fingerprint density at radius 3 is 2.65 bits per heavy atom. The molecule has 2 aromatic rings. The van der Waals surface area contributed by atoms with Crippen molar-refractivity contribution in [2.24, 2.45) is 0 Å². The molecule has 2 aromatic carbocycles. The molecule has 0 aliphatic carbocycles. The van der Waals surface area contributed by atoms with Crippen LogP contribution in [0, 0.1) is 17.1 Å². The Labute approximate surface area is 112 Å². The molecule has 17 heavy (non-hydrogen) atoms. The summed E-state index contributed by atoms with van der Waals surface area (Å²) in [7, 11) is 0. The van der Waals surface area contributed by atoms with Gasteiger partial charge in [0.2, 0.25) is 0 Å². The summed E-state index contributed by atoms with van der Waals surface area (Å²) in [4.78, 5) is 0. The maximum Gasteiger partial charge on any atom is 0.132 e. The molecule has 0 heterocycles. The van der Waals surface area contributed by atoms with Crippen molar-refractivity contribution in [1.82, 2.24) is 0 Å². The van der Waals surface area contributed by atoms with E-state index in [0.29, 0.717) is 16.1 Å². The Kier molecular flexibility index (Phi) is 3.46. The van der Waals surface area contributed by atoms with E-state index in [-0.39, 0.29) is 5.56 Å². The summed E-state index contributed by atoms with van der Waals surface area (Å²) in [6.07, 6.45) is 0. The van der Waals surface area contributed by atoms with Crippen LogP contribution in [0.4, 0.5) is 4.39 Å². The first-order valence-electron chi connectivity index (χ1n) is 4.77. The topological polar surface area (TPSA) is 23.8 Å². The number of rotatable bonds is 1. The van der Waals surface area contributed by atoms with Crippen LogP contribution in [-0.2, 0) is 0 Å². The molecule has 0 saturated carbocycles. The molecular formula is C13H6BrClFN. The summed E-state index contributed by atoms with van der Waals surface area (Å²) in [5.41, 5.74) is 1.14. The lowest BCUT2D eigenvalue weighted by atomic mass is 10.00. The van der Waals surface area contributed by atoms with E-state index < -0.39 is 5.82 Å². The van der Waals surface area contributed by atoms with Crippen LogP contribution in [0.15, 0.2) is 40.9 Å². The SMILES string of the molecule is N#Cc1cc(Br)ccc1-c1c(F)cccc1Cl. The number of nitrogens with zero attached hydrogens (tertiary/aromatic N) is 1. The van der Waals surface area contributed by atoms with Gasteiger partial charge in [-0.25, -0.2) is 4.39 Å². The molecule has 0 aromatic heterocycles. The predicted molar refractivity (Wildman–Crippen MR) is 69.3 cm³/mol.